The molecule has 1 aromatic heterocycles. The van der Waals surface area contributed by atoms with Crippen molar-refractivity contribution in [1.82, 2.24) is 14.6 Å². The molecule has 0 saturated carbocycles. The van der Waals surface area contributed by atoms with E-state index in [2.05, 4.69) is 10.3 Å². The van der Waals surface area contributed by atoms with Gasteiger partial charge in [-0.3, -0.25) is 4.79 Å². The molecule has 2 aromatic carbocycles. The molecule has 0 atom stereocenters. The molecule has 2 aliphatic rings. The fourth-order valence-corrected chi connectivity index (χ4v) is 6.61. The number of carbonyl (C=O) groups is 1. The van der Waals surface area contributed by atoms with Crippen LogP contribution in [0.25, 0.3) is 10.2 Å². The van der Waals surface area contributed by atoms with Crippen LogP contribution in [0.15, 0.2) is 47.4 Å². The third-order valence-electron chi connectivity index (χ3n) is 5.95. The second-order valence-corrected chi connectivity index (χ2v) is 11.2. The number of thiazole rings is 1. The van der Waals surface area contributed by atoms with Gasteiger partial charge < -0.3 is 14.8 Å². The Morgan fingerprint density at radius 2 is 1.85 bits per heavy atom. The summed E-state index contributed by atoms with van der Waals surface area (Å²) in [4.78, 5) is 17.4. The molecule has 5 rings (SSSR count). The van der Waals surface area contributed by atoms with Gasteiger partial charge in [-0.05, 0) is 37.1 Å². The van der Waals surface area contributed by atoms with E-state index < -0.39 is 10.0 Å². The maximum atomic E-state index is 13.1. The number of hydrogen-bond donors (Lipinski definition) is 1. The van der Waals surface area contributed by atoms with Gasteiger partial charge in [0.15, 0.2) is 11.5 Å². The minimum atomic E-state index is -3.65. The Morgan fingerprint density at radius 1 is 1.09 bits per heavy atom. The number of piperidine rings is 1. The van der Waals surface area contributed by atoms with Gasteiger partial charge in [-0.1, -0.05) is 12.1 Å². The number of benzene rings is 2. The summed E-state index contributed by atoms with van der Waals surface area (Å²) in [6.07, 6.45) is 1.68. The Labute approximate surface area is 196 Å². The first-order valence-electron chi connectivity index (χ1n) is 11.0. The average Bonchev–Trinajstić information content (AvgIpc) is 3.26. The molecule has 33 heavy (non-hydrogen) atoms. The van der Waals surface area contributed by atoms with Crippen LogP contribution in [-0.2, 0) is 21.2 Å². The maximum Gasteiger partial charge on any atom is 0.243 e. The van der Waals surface area contributed by atoms with Gasteiger partial charge in [-0.2, -0.15) is 4.31 Å². The number of hydrogen-bond acceptors (Lipinski definition) is 7. The van der Waals surface area contributed by atoms with E-state index in [4.69, 9.17) is 9.47 Å². The summed E-state index contributed by atoms with van der Waals surface area (Å²) in [5.41, 5.74) is 0.982. The predicted octanol–water partition coefficient (Wildman–Crippen LogP) is 2.83. The van der Waals surface area contributed by atoms with Crippen molar-refractivity contribution >= 4 is 37.5 Å². The molecule has 2 aliphatic heterocycles. The summed E-state index contributed by atoms with van der Waals surface area (Å²) in [5, 5.41) is 3.99. The number of rotatable bonds is 6. The molecule has 1 fully saturated rings. The number of fused-ring (bicyclic) bond motifs is 2. The maximum absolute atomic E-state index is 13.1. The fourth-order valence-electron chi connectivity index (χ4n) is 4.16. The standard InChI is InChI=1S/C23H25N3O5S2/c27-23(24-10-7-22-25-18-3-1-2-4-21(18)32-22)16-8-11-26(12-9-16)33(28,29)17-5-6-19-20(15-17)31-14-13-30-19/h1-6,15-16H,7-14H2,(H,24,27). The van der Waals surface area contributed by atoms with Gasteiger partial charge in [0.05, 0.1) is 20.1 Å². The minimum absolute atomic E-state index is 0.0208. The highest BCUT2D eigenvalue weighted by Crippen LogP contribution is 2.34. The summed E-state index contributed by atoms with van der Waals surface area (Å²) in [7, 11) is -3.65. The molecule has 0 radical (unpaired) electrons. The van der Waals surface area contributed by atoms with E-state index in [0.29, 0.717) is 63.6 Å². The first kappa shape index (κ1) is 22.1. The quantitative estimate of drug-likeness (QED) is 0.574. The number of nitrogens with zero attached hydrogens (tertiary/aromatic N) is 2. The molecule has 0 spiro atoms. The van der Waals surface area contributed by atoms with E-state index in [1.54, 1.807) is 23.5 Å². The van der Waals surface area contributed by atoms with Crippen LogP contribution in [0.1, 0.15) is 17.8 Å². The van der Waals surface area contributed by atoms with Crippen LogP contribution in [0.3, 0.4) is 0 Å². The van der Waals surface area contributed by atoms with Crippen LogP contribution in [0.4, 0.5) is 0 Å². The molecule has 174 valence electrons. The lowest BCUT2D eigenvalue weighted by Gasteiger charge is -2.30. The monoisotopic (exact) mass is 487 g/mol. The number of nitrogens with one attached hydrogen (secondary N) is 1. The number of ether oxygens (including phenoxy) is 2. The van der Waals surface area contributed by atoms with Gasteiger partial charge in [0, 0.05) is 38.0 Å². The van der Waals surface area contributed by atoms with Crippen LogP contribution >= 0.6 is 11.3 Å². The zero-order chi connectivity index (χ0) is 22.8. The van der Waals surface area contributed by atoms with Gasteiger partial charge in [0.1, 0.15) is 13.2 Å². The molecule has 0 unspecified atom stereocenters. The first-order chi connectivity index (χ1) is 16.0. The minimum Gasteiger partial charge on any atom is -0.486 e. The van der Waals surface area contributed by atoms with Gasteiger partial charge >= 0.3 is 0 Å². The Morgan fingerprint density at radius 3 is 2.64 bits per heavy atom. The summed E-state index contributed by atoms with van der Waals surface area (Å²) in [6.45, 7) is 2.00. The van der Waals surface area contributed by atoms with E-state index in [-0.39, 0.29) is 16.7 Å². The molecule has 0 aliphatic carbocycles. The molecular formula is C23H25N3O5S2. The number of aromatic nitrogens is 1. The normalized spacial score (nSPS) is 17.2. The van der Waals surface area contributed by atoms with Crippen molar-refractivity contribution in [3.63, 3.8) is 0 Å². The SMILES string of the molecule is O=C(NCCc1nc2ccccc2s1)C1CCN(S(=O)(=O)c2ccc3c(c2)OCCO3)CC1. The van der Waals surface area contributed by atoms with Gasteiger partial charge in [-0.15, -0.1) is 11.3 Å². The second kappa shape index (κ2) is 9.28. The molecule has 1 N–H and O–H groups in total. The number of sulfonamides is 1. The molecular weight excluding hydrogens is 462 g/mol. The summed E-state index contributed by atoms with van der Waals surface area (Å²) in [6, 6.07) is 12.7. The van der Waals surface area contributed by atoms with Crippen molar-refractivity contribution in [1.29, 1.82) is 0 Å². The summed E-state index contributed by atoms with van der Waals surface area (Å²) in [5.74, 6) is 0.797. The van der Waals surface area contributed by atoms with Gasteiger partial charge in [0.25, 0.3) is 0 Å². The van der Waals surface area contributed by atoms with E-state index in [1.807, 2.05) is 24.3 Å². The average molecular weight is 488 g/mol. The topological polar surface area (TPSA) is 97.8 Å². The van der Waals surface area contributed by atoms with E-state index in [9.17, 15) is 13.2 Å². The molecule has 3 aromatic rings. The Hall–Kier alpha value is -2.69. The van der Waals surface area contributed by atoms with Crippen molar-refractivity contribution in [3.8, 4) is 11.5 Å². The van der Waals surface area contributed by atoms with E-state index in [0.717, 1.165) is 15.2 Å². The lowest BCUT2D eigenvalue weighted by atomic mass is 9.97. The first-order valence-corrected chi connectivity index (χ1v) is 13.3. The molecule has 3 heterocycles. The van der Waals surface area contributed by atoms with Crippen LogP contribution in [0.5, 0.6) is 11.5 Å². The highest BCUT2D eigenvalue weighted by Gasteiger charge is 2.32. The van der Waals surface area contributed by atoms with Gasteiger partial charge in [0.2, 0.25) is 15.9 Å². The highest BCUT2D eigenvalue weighted by atomic mass is 32.2. The van der Waals surface area contributed by atoms with Crippen LogP contribution in [0, 0.1) is 5.92 Å². The van der Waals surface area contributed by atoms with Crippen molar-refractivity contribution in [2.45, 2.75) is 24.2 Å². The predicted molar refractivity (Wildman–Crippen MR) is 125 cm³/mol. The second-order valence-electron chi connectivity index (χ2n) is 8.10. The van der Waals surface area contributed by atoms with Gasteiger partial charge in [-0.25, -0.2) is 13.4 Å². The summed E-state index contributed by atoms with van der Waals surface area (Å²) >= 11 is 1.64. The molecule has 1 amide bonds. The van der Waals surface area contributed by atoms with Crippen LogP contribution < -0.4 is 14.8 Å². The molecule has 0 bridgehead atoms. The van der Waals surface area contributed by atoms with Crippen LogP contribution in [0.2, 0.25) is 0 Å². The van der Waals surface area contributed by atoms with Crippen molar-refractivity contribution in [2.75, 3.05) is 32.8 Å². The Balaban J connectivity index is 1.13. The third kappa shape index (κ3) is 4.68. The lowest BCUT2D eigenvalue weighted by Crippen LogP contribution is -2.43. The molecule has 10 heteroatoms. The van der Waals surface area contributed by atoms with Crippen LogP contribution in [-0.4, -0.2) is 56.5 Å². The van der Waals surface area contributed by atoms with Crippen molar-refractivity contribution in [2.24, 2.45) is 5.92 Å². The van der Waals surface area contributed by atoms with Crippen molar-refractivity contribution < 1.29 is 22.7 Å². The smallest absolute Gasteiger partial charge is 0.243 e. The lowest BCUT2D eigenvalue weighted by molar-refractivity contribution is -0.126. The summed E-state index contributed by atoms with van der Waals surface area (Å²) < 4.78 is 39.7. The third-order valence-corrected chi connectivity index (χ3v) is 8.94. The fraction of sp³-hybridized carbons (Fsp3) is 0.391. The van der Waals surface area contributed by atoms with E-state index >= 15 is 0 Å². The zero-order valence-corrected chi connectivity index (χ0v) is 19.7. The Kier molecular flexibility index (Phi) is 6.22. The highest BCUT2D eigenvalue weighted by molar-refractivity contribution is 7.89. The Bertz CT molecular complexity index is 1230. The molecule has 8 nitrogen and oxygen atoms in total. The zero-order valence-electron chi connectivity index (χ0n) is 18.0. The largest absolute Gasteiger partial charge is 0.486 e. The molecule has 1 saturated heterocycles. The number of amides is 1. The van der Waals surface area contributed by atoms with E-state index in [1.165, 1.54) is 10.4 Å². The number of carbonyl (C=O) groups excluding carboxylic acids is 1. The number of para-hydroxylation sites is 1. The van der Waals surface area contributed by atoms with Crippen molar-refractivity contribution in [3.05, 3.63) is 47.5 Å².